The van der Waals surface area contributed by atoms with Crippen molar-refractivity contribution in [1.29, 1.82) is 0 Å². The molecule has 2 heterocycles. The van der Waals surface area contributed by atoms with Crippen molar-refractivity contribution in [2.45, 2.75) is 19.3 Å². The molecule has 0 aliphatic heterocycles. The lowest BCUT2D eigenvalue weighted by Gasteiger charge is -2.24. The van der Waals surface area contributed by atoms with Crippen LogP contribution in [-0.2, 0) is 5.41 Å². The third kappa shape index (κ3) is 4.17. The minimum Gasteiger partial charge on any atom is -0.277 e. The summed E-state index contributed by atoms with van der Waals surface area (Å²) in [6, 6.07) is 63.6. The van der Waals surface area contributed by atoms with Crippen molar-refractivity contribution in [3.8, 4) is 39.6 Å². The summed E-state index contributed by atoms with van der Waals surface area (Å²) < 4.78 is 2.42. The molecule has 1 aliphatic rings. The molecule has 3 heteroatoms. The molecule has 0 atom stereocenters. The maximum absolute atomic E-state index is 5.72. The molecule has 9 aromatic carbocycles. The Bertz CT molecular complexity index is 3430. The van der Waals surface area contributed by atoms with E-state index in [9.17, 15) is 0 Å². The lowest BCUT2D eigenvalue weighted by atomic mass is 9.78. The van der Waals surface area contributed by atoms with Crippen molar-refractivity contribution in [2.75, 3.05) is 0 Å². The molecule has 0 N–H and O–H groups in total. The lowest BCUT2D eigenvalue weighted by molar-refractivity contribution is 0.672. The number of hydrogen-bond donors (Lipinski definition) is 0. The van der Waals surface area contributed by atoms with Gasteiger partial charge >= 0.3 is 0 Å². The summed E-state index contributed by atoms with van der Waals surface area (Å²) in [4.78, 5) is 11.4. The summed E-state index contributed by atoms with van der Waals surface area (Å²) in [5.74, 6) is 0.678. The van der Waals surface area contributed by atoms with Gasteiger partial charge in [0.25, 0.3) is 0 Å². The topological polar surface area (TPSA) is 30.7 Å². The Hall–Kier alpha value is -7.10. The molecule has 0 spiro atoms. The van der Waals surface area contributed by atoms with Gasteiger partial charge in [-0.3, -0.25) is 4.57 Å². The van der Waals surface area contributed by atoms with Crippen LogP contribution in [0.5, 0.6) is 0 Å². The summed E-state index contributed by atoms with van der Waals surface area (Å²) in [6.07, 6.45) is 0. The van der Waals surface area contributed by atoms with Gasteiger partial charge < -0.3 is 0 Å². The predicted molar refractivity (Wildman–Crippen MR) is 235 cm³/mol. The first-order valence-electron chi connectivity index (χ1n) is 19.4. The number of rotatable bonds is 3. The van der Waals surface area contributed by atoms with E-state index in [1.54, 1.807) is 0 Å². The van der Waals surface area contributed by atoms with E-state index in [0.717, 1.165) is 33.1 Å². The fourth-order valence-electron chi connectivity index (χ4n) is 10.00. The SMILES string of the molecule is CC1(C)c2c(ccc3ccccc23)-c2c1c1c3ccccc3c3ccccc3c1n2-c1nc(-c2ccccc2)c2cc(-c3ccccc3)c3ccccc3c2n1. The lowest BCUT2D eigenvalue weighted by Crippen LogP contribution is -2.15. The Morgan fingerprint density at radius 3 is 1.73 bits per heavy atom. The highest BCUT2D eigenvalue weighted by Gasteiger charge is 2.43. The number of fused-ring (bicyclic) bond motifs is 15. The second kappa shape index (κ2) is 11.5. The van der Waals surface area contributed by atoms with Crippen molar-refractivity contribution < 1.29 is 0 Å². The van der Waals surface area contributed by atoms with E-state index in [-0.39, 0.29) is 5.41 Å². The largest absolute Gasteiger partial charge is 0.277 e. The molecular formula is C53H35N3. The van der Waals surface area contributed by atoms with Gasteiger partial charge in [0.1, 0.15) is 0 Å². The Balaban J connectivity index is 1.31. The van der Waals surface area contributed by atoms with Gasteiger partial charge in [0.05, 0.1) is 22.4 Å². The average molecular weight is 714 g/mol. The fraction of sp³-hybridized carbons (Fsp3) is 0.0566. The highest BCUT2D eigenvalue weighted by Crippen LogP contribution is 2.57. The first-order valence-corrected chi connectivity index (χ1v) is 19.4. The van der Waals surface area contributed by atoms with Gasteiger partial charge in [-0.1, -0.05) is 184 Å². The second-order valence-corrected chi connectivity index (χ2v) is 15.7. The Morgan fingerprint density at radius 1 is 0.429 bits per heavy atom. The quantitative estimate of drug-likeness (QED) is 0.171. The van der Waals surface area contributed by atoms with Gasteiger partial charge in [0, 0.05) is 38.1 Å². The monoisotopic (exact) mass is 713 g/mol. The maximum Gasteiger partial charge on any atom is 0.235 e. The van der Waals surface area contributed by atoms with Gasteiger partial charge in [-0.2, -0.15) is 0 Å². The van der Waals surface area contributed by atoms with Gasteiger partial charge in [-0.05, 0) is 60.6 Å². The van der Waals surface area contributed by atoms with Crippen LogP contribution < -0.4 is 0 Å². The summed E-state index contributed by atoms with van der Waals surface area (Å²) in [6.45, 7) is 4.82. The van der Waals surface area contributed by atoms with Crippen LogP contribution in [0.25, 0.3) is 104 Å². The summed E-state index contributed by atoms with van der Waals surface area (Å²) in [5, 5.41) is 12.1. The van der Waals surface area contributed by atoms with E-state index in [1.165, 1.54) is 76.6 Å². The molecule has 3 nitrogen and oxygen atoms in total. The summed E-state index contributed by atoms with van der Waals surface area (Å²) in [7, 11) is 0. The standard InChI is InChI=1S/C53H35N3/c1-53(2)46-35-22-10-9-19-33(35)29-30-42(46)51-47(53)45-39-26-14-11-23-36(39)37-24-13-16-28-41(37)50(45)56(51)52-54-48(34-20-7-4-8-21-34)44-31-43(32-17-5-3-6-18-32)38-25-12-15-27-40(38)49(44)55-52/h3-31H,1-2H3. The Morgan fingerprint density at radius 2 is 1.00 bits per heavy atom. The molecule has 262 valence electrons. The van der Waals surface area contributed by atoms with Crippen LogP contribution in [-0.4, -0.2) is 14.5 Å². The first-order chi connectivity index (χ1) is 27.6. The van der Waals surface area contributed by atoms with Crippen LogP contribution >= 0.6 is 0 Å². The maximum atomic E-state index is 5.72. The minimum absolute atomic E-state index is 0.309. The molecule has 0 fully saturated rings. The van der Waals surface area contributed by atoms with Crippen LogP contribution in [0.3, 0.4) is 0 Å². The first kappa shape index (κ1) is 31.3. The number of aromatic nitrogens is 3. The predicted octanol–water partition coefficient (Wildman–Crippen LogP) is 13.8. The van der Waals surface area contributed by atoms with Crippen LogP contribution in [0.1, 0.15) is 25.0 Å². The molecule has 1 aliphatic carbocycles. The van der Waals surface area contributed by atoms with E-state index in [4.69, 9.17) is 9.97 Å². The fourth-order valence-corrected chi connectivity index (χ4v) is 10.00. The molecule has 0 bridgehead atoms. The highest BCUT2D eigenvalue weighted by molar-refractivity contribution is 6.28. The van der Waals surface area contributed by atoms with Gasteiger partial charge in [0.15, 0.2) is 0 Å². The molecule has 2 aromatic heterocycles. The van der Waals surface area contributed by atoms with Gasteiger partial charge in [-0.25, -0.2) is 9.97 Å². The molecular weight excluding hydrogens is 679 g/mol. The smallest absolute Gasteiger partial charge is 0.235 e. The zero-order chi connectivity index (χ0) is 37.1. The molecule has 11 aromatic rings. The van der Waals surface area contributed by atoms with Crippen molar-refractivity contribution in [3.05, 3.63) is 187 Å². The average Bonchev–Trinajstić information content (AvgIpc) is 3.74. The van der Waals surface area contributed by atoms with E-state index in [1.807, 2.05) is 0 Å². The van der Waals surface area contributed by atoms with Crippen LogP contribution in [0.2, 0.25) is 0 Å². The normalized spacial score (nSPS) is 13.3. The van der Waals surface area contributed by atoms with Crippen LogP contribution in [0.15, 0.2) is 176 Å². The molecule has 0 amide bonds. The molecule has 0 saturated heterocycles. The van der Waals surface area contributed by atoms with Crippen molar-refractivity contribution in [3.63, 3.8) is 0 Å². The second-order valence-electron chi connectivity index (χ2n) is 15.7. The molecule has 12 rings (SSSR count). The van der Waals surface area contributed by atoms with Crippen LogP contribution in [0.4, 0.5) is 0 Å². The van der Waals surface area contributed by atoms with Crippen molar-refractivity contribution in [2.24, 2.45) is 0 Å². The van der Waals surface area contributed by atoms with Crippen molar-refractivity contribution >= 4 is 64.9 Å². The van der Waals surface area contributed by atoms with E-state index < -0.39 is 0 Å². The Labute approximate surface area is 324 Å². The van der Waals surface area contributed by atoms with Gasteiger partial charge in [-0.15, -0.1) is 0 Å². The highest BCUT2D eigenvalue weighted by atomic mass is 15.2. The molecule has 56 heavy (non-hydrogen) atoms. The van der Waals surface area contributed by atoms with E-state index >= 15 is 0 Å². The number of nitrogens with zero attached hydrogens (tertiary/aromatic N) is 3. The third-order valence-corrected chi connectivity index (χ3v) is 12.3. The third-order valence-electron chi connectivity index (χ3n) is 12.3. The zero-order valence-corrected chi connectivity index (χ0v) is 31.1. The molecule has 0 saturated carbocycles. The number of hydrogen-bond acceptors (Lipinski definition) is 2. The van der Waals surface area contributed by atoms with Gasteiger partial charge in [0.2, 0.25) is 5.95 Å². The zero-order valence-electron chi connectivity index (χ0n) is 31.1. The summed E-state index contributed by atoms with van der Waals surface area (Å²) >= 11 is 0. The Kier molecular flexibility index (Phi) is 6.40. The molecule has 0 unspecified atom stereocenters. The minimum atomic E-state index is -0.309. The van der Waals surface area contributed by atoms with Crippen LogP contribution in [0, 0.1) is 0 Å². The molecule has 0 radical (unpaired) electrons. The van der Waals surface area contributed by atoms with Crippen molar-refractivity contribution in [1.82, 2.24) is 14.5 Å². The summed E-state index contributed by atoms with van der Waals surface area (Å²) in [5.41, 5.74) is 11.2. The van der Waals surface area contributed by atoms with E-state index in [2.05, 4.69) is 194 Å². The number of benzene rings is 9. The van der Waals surface area contributed by atoms with E-state index in [0.29, 0.717) is 5.95 Å².